The number of carbonyl (C=O) groups excluding carboxylic acids is 2. The topological polar surface area (TPSA) is 110 Å². The van der Waals surface area contributed by atoms with Crippen LogP contribution in [0.4, 0.5) is 10.1 Å². The summed E-state index contributed by atoms with van der Waals surface area (Å²) in [7, 11) is 0. The van der Waals surface area contributed by atoms with Gasteiger partial charge in [-0.05, 0) is 42.5 Å². The molecule has 1 saturated carbocycles. The van der Waals surface area contributed by atoms with Crippen molar-refractivity contribution < 1.29 is 18.7 Å². The van der Waals surface area contributed by atoms with E-state index in [2.05, 4.69) is 15.1 Å². The van der Waals surface area contributed by atoms with Crippen molar-refractivity contribution in [1.82, 2.24) is 9.80 Å². The molecule has 8 nitrogen and oxygen atoms in total. The van der Waals surface area contributed by atoms with Gasteiger partial charge >= 0.3 is 0 Å². The number of benzene rings is 2. The van der Waals surface area contributed by atoms with Crippen molar-refractivity contribution in [1.29, 1.82) is 10.8 Å². The highest BCUT2D eigenvalue weighted by Crippen LogP contribution is 2.60. The number of likely N-dealkylation sites (tertiary alicyclic amines) is 1. The number of hydrogen-bond donors (Lipinski definition) is 3. The van der Waals surface area contributed by atoms with Crippen LogP contribution >= 0.6 is 23.2 Å². The summed E-state index contributed by atoms with van der Waals surface area (Å²) in [6.07, 6.45) is 2.59. The lowest BCUT2D eigenvalue weighted by atomic mass is 9.73. The first kappa shape index (κ1) is 27.5. The van der Waals surface area contributed by atoms with Crippen LogP contribution in [-0.2, 0) is 19.9 Å². The molecule has 1 amide bonds. The summed E-state index contributed by atoms with van der Waals surface area (Å²) in [4.78, 5) is 30.6. The van der Waals surface area contributed by atoms with Crippen LogP contribution in [0.2, 0.25) is 10.0 Å². The van der Waals surface area contributed by atoms with Crippen LogP contribution in [-0.4, -0.2) is 71.9 Å². The smallest absolute Gasteiger partial charge is 0.250 e. The maximum absolute atomic E-state index is 16.0. The zero-order chi connectivity index (χ0) is 28.3. The van der Waals surface area contributed by atoms with Crippen LogP contribution in [0.3, 0.4) is 0 Å². The third-order valence-corrected chi connectivity index (χ3v) is 9.30. The molecule has 5 unspecified atom stereocenters. The summed E-state index contributed by atoms with van der Waals surface area (Å²) in [6, 6.07) is 9.59. The third kappa shape index (κ3) is 4.21. The van der Waals surface area contributed by atoms with E-state index >= 15 is 4.39 Å². The van der Waals surface area contributed by atoms with Crippen molar-refractivity contribution in [2.45, 2.75) is 43.5 Å². The number of anilines is 1. The lowest BCUT2D eigenvalue weighted by Crippen LogP contribution is -2.56. The Morgan fingerprint density at radius 3 is 2.77 bits per heavy atom. The molecular weight excluding hydrogens is 556 g/mol. The van der Waals surface area contributed by atoms with Gasteiger partial charge in [-0.3, -0.25) is 19.4 Å². The van der Waals surface area contributed by atoms with Crippen molar-refractivity contribution in [3.8, 4) is 0 Å². The van der Waals surface area contributed by atoms with Gasteiger partial charge in [0.1, 0.15) is 17.6 Å². The number of fused-ring (bicyclic) bond motifs is 3. The van der Waals surface area contributed by atoms with Crippen molar-refractivity contribution in [2.75, 3.05) is 31.6 Å². The van der Waals surface area contributed by atoms with E-state index in [0.29, 0.717) is 47.5 Å². The SMILES string of the molecule is CC(=O)C(=N)C(C=N)CN1CCOC2C1C(c1cccc(Cl)c1F)C1(C(=O)Nc3cc(Cl)ccc31)N2CC1CC1. The van der Waals surface area contributed by atoms with Crippen molar-refractivity contribution in [3.63, 3.8) is 0 Å². The lowest BCUT2D eigenvalue weighted by molar-refractivity contribution is -0.145. The second-order valence-electron chi connectivity index (χ2n) is 11.1. The molecule has 5 atom stereocenters. The predicted octanol–water partition coefficient (Wildman–Crippen LogP) is 4.69. The Kier molecular flexibility index (Phi) is 7.07. The van der Waals surface area contributed by atoms with Crippen LogP contribution in [0.15, 0.2) is 36.4 Å². The second kappa shape index (κ2) is 10.3. The number of ketones is 1. The van der Waals surface area contributed by atoms with Crippen molar-refractivity contribution >= 4 is 52.5 Å². The number of ether oxygens (including phenoxy) is 1. The third-order valence-electron chi connectivity index (χ3n) is 8.77. The standard InChI is InChI=1S/C29H30Cl2FN5O3/c1-15(38)25(34)17(12-33)14-36-9-10-40-27-26(36)23(19-3-2-4-21(31)24(19)32)29(37(27)13-16-5-6-16)20-8-7-18(30)11-22(20)35-28(29)39/h2-4,7-8,11-12,16-17,23,26-27,33-34H,5-6,9-10,13-14H2,1H3,(H,35,39). The molecule has 11 heteroatoms. The van der Waals surface area contributed by atoms with E-state index in [9.17, 15) is 9.59 Å². The fraction of sp³-hybridized carbons (Fsp3) is 0.448. The molecule has 0 radical (unpaired) electrons. The van der Waals surface area contributed by atoms with Gasteiger partial charge in [0.05, 0.1) is 29.3 Å². The normalized spacial score (nSPS) is 28.7. The molecule has 3 fully saturated rings. The van der Waals surface area contributed by atoms with Crippen LogP contribution in [0, 0.1) is 28.5 Å². The molecule has 0 bridgehead atoms. The van der Waals surface area contributed by atoms with Crippen LogP contribution in [0.1, 0.15) is 36.8 Å². The predicted molar refractivity (Wildman–Crippen MR) is 151 cm³/mol. The number of Topliss-reactive ketones (excluding diaryl/α,β-unsaturated/α-hetero) is 1. The van der Waals surface area contributed by atoms with E-state index in [1.54, 1.807) is 24.3 Å². The molecule has 2 saturated heterocycles. The minimum atomic E-state index is -1.32. The number of rotatable bonds is 8. The molecule has 0 aromatic heterocycles. The minimum Gasteiger partial charge on any atom is -0.360 e. The van der Waals surface area contributed by atoms with Gasteiger partial charge in [-0.25, -0.2) is 4.39 Å². The van der Waals surface area contributed by atoms with Gasteiger partial charge in [0.25, 0.3) is 0 Å². The Balaban J connectivity index is 1.57. The zero-order valence-corrected chi connectivity index (χ0v) is 23.4. The van der Waals surface area contributed by atoms with Gasteiger partial charge in [-0.2, -0.15) is 0 Å². The van der Waals surface area contributed by atoms with E-state index in [1.807, 2.05) is 6.07 Å². The number of nitrogens with zero attached hydrogens (tertiary/aromatic N) is 2. The van der Waals surface area contributed by atoms with E-state index in [4.69, 9.17) is 38.8 Å². The molecule has 3 aliphatic heterocycles. The molecule has 3 N–H and O–H groups in total. The largest absolute Gasteiger partial charge is 0.360 e. The summed E-state index contributed by atoms with van der Waals surface area (Å²) < 4.78 is 22.5. The summed E-state index contributed by atoms with van der Waals surface area (Å²) in [5.41, 5.74) is 0.0869. The number of nitrogens with one attached hydrogen (secondary N) is 3. The monoisotopic (exact) mass is 585 g/mol. The van der Waals surface area contributed by atoms with Crippen LogP contribution in [0.5, 0.6) is 0 Å². The van der Waals surface area contributed by atoms with Gasteiger partial charge in [0.15, 0.2) is 5.78 Å². The van der Waals surface area contributed by atoms with Crippen LogP contribution < -0.4 is 5.32 Å². The molecule has 210 valence electrons. The zero-order valence-electron chi connectivity index (χ0n) is 21.9. The quantitative estimate of drug-likeness (QED) is 0.389. The number of morpholine rings is 1. The average Bonchev–Trinajstić information content (AvgIpc) is 3.64. The van der Waals surface area contributed by atoms with Gasteiger partial charge in [0, 0.05) is 55.0 Å². The Morgan fingerprint density at radius 1 is 1.30 bits per heavy atom. The Hall–Kier alpha value is -2.69. The number of halogens is 3. The van der Waals surface area contributed by atoms with Gasteiger partial charge < -0.3 is 20.9 Å². The molecule has 6 rings (SSSR count). The van der Waals surface area contributed by atoms with Gasteiger partial charge in [-0.1, -0.05) is 41.4 Å². The minimum absolute atomic E-state index is 0.0430. The molecule has 3 heterocycles. The van der Waals surface area contributed by atoms with Gasteiger partial charge in [-0.15, -0.1) is 0 Å². The Morgan fingerprint density at radius 2 is 2.08 bits per heavy atom. The molecule has 1 spiro atoms. The van der Waals surface area contributed by atoms with Gasteiger partial charge in [0.2, 0.25) is 5.91 Å². The summed E-state index contributed by atoms with van der Waals surface area (Å²) in [6.45, 7) is 2.86. The van der Waals surface area contributed by atoms with E-state index < -0.39 is 41.2 Å². The van der Waals surface area contributed by atoms with E-state index in [0.717, 1.165) is 19.1 Å². The summed E-state index contributed by atoms with van der Waals surface area (Å²) in [5, 5.41) is 19.7. The summed E-state index contributed by atoms with van der Waals surface area (Å²) >= 11 is 12.6. The highest BCUT2D eigenvalue weighted by atomic mass is 35.5. The lowest BCUT2D eigenvalue weighted by Gasteiger charge is -2.42. The van der Waals surface area contributed by atoms with Crippen LogP contribution in [0.25, 0.3) is 0 Å². The first-order valence-corrected chi connectivity index (χ1v) is 14.2. The molecule has 4 aliphatic rings. The van der Waals surface area contributed by atoms with Crippen molar-refractivity contribution in [3.05, 3.63) is 63.4 Å². The highest BCUT2D eigenvalue weighted by Gasteiger charge is 2.69. The number of amides is 1. The molecule has 2 aromatic rings. The first-order valence-electron chi connectivity index (χ1n) is 13.5. The number of carbonyl (C=O) groups is 2. The Bertz CT molecular complexity index is 1420. The highest BCUT2D eigenvalue weighted by molar-refractivity contribution is 6.41. The summed E-state index contributed by atoms with van der Waals surface area (Å²) in [5.74, 6) is -2.42. The number of hydrogen-bond acceptors (Lipinski definition) is 7. The average molecular weight is 586 g/mol. The molecule has 40 heavy (non-hydrogen) atoms. The maximum atomic E-state index is 16.0. The second-order valence-corrected chi connectivity index (χ2v) is 12.0. The maximum Gasteiger partial charge on any atom is 0.250 e. The molecule has 1 aliphatic carbocycles. The van der Waals surface area contributed by atoms with E-state index in [1.165, 1.54) is 13.0 Å². The Labute approximate surface area is 241 Å². The van der Waals surface area contributed by atoms with E-state index in [-0.39, 0.29) is 23.2 Å². The van der Waals surface area contributed by atoms with Crippen molar-refractivity contribution in [2.24, 2.45) is 11.8 Å². The molecular formula is C29H30Cl2FN5O3. The molecule has 2 aromatic carbocycles. The first-order chi connectivity index (χ1) is 19.2. The fourth-order valence-corrected chi connectivity index (χ4v) is 7.19. The fourth-order valence-electron chi connectivity index (χ4n) is 6.83.